The summed E-state index contributed by atoms with van der Waals surface area (Å²) in [6.07, 6.45) is -0.846. The van der Waals surface area contributed by atoms with E-state index in [-0.39, 0.29) is 12.7 Å². The van der Waals surface area contributed by atoms with Gasteiger partial charge < -0.3 is 14.9 Å². The molecule has 1 saturated heterocycles. The lowest BCUT2D eigenvalue weighted by Gasteiger charge is -1.96. The summed E-state index contributed by atoms with van der Waals surface area (Å²) in [6, 6.07) is 8.74. The van der Waals surface area contributed by atoms with Gasteiger partial charge in [0.15, 0.2) is 0 Å². The zero-order chi connectivity index (χ0) is 11.1. The van der Waals surface area contributed by atoms with E-state index in [4.69, 9.17) is 10.2 Å². The molecule has 0 spiro atoms. The van der Waals surface area contributed by atoms with Crippen molar-refractivity contribution in [3.8, 4) is 0 Å². The van der Waals surface area contributed by atoms with Crippen molar-refractivity contribution in [2.75, 3.05) is 18.5 Å². The predicted molar refractivity (Wildman–Crippen MR) is 54.9 cm³/mol. The number of amides is 1. The number of ether oxygens (including phenoxy) is 1. The van der Waals surface area contributed by atoms with Gasteiger partial charge in [-0.1, -0.05) is 18.2 Å². The topological polar surface area (TPSA) is 82.1 Å². The van der Waals surface area contributed by atoms with Crippen LogP contribution < -0.4 is 5.32 Å². The molecule has 2 rings (SSSR count). The van der Waals surface area contributed by atoms with Crippen LogP contribution in [0.2, 0.25) is 0 Å². The number of para-hydroxylation sites is 1. The zero-order valence-electron chi connectivity index (χ0n) is 8.09. The van der Waals surface area contributed by atoms with Crippen LogP contribution >= 0.6 is 0 Å². The Balaban J connectivity index is 0.000000187. The number of nitrogens with one attached hydrogen (secondary N) is 1. The molecule has 3 N–H and O–H groups in total. The van der Waals surface area contributed by atoms with Crippen LogP contribution in [0.3, 0.4) is 0 Å². The Morgan fingerprint density at radius 3 is 2.40 bits per heavy atom. The Morgan fingerprint density at radius 2 is 2.07 bits per heavy atom. The van der Waals surface area contributed by atoms with Crippen molar-refractivity contribution in [3.63, 3.8) is 0 Å². The second kappa shape index (κ2) is 6.00. The maximum absolute atomic E-state index is 10.1. The first-order valence-corrected chi connectivity index (χ1v) is 4.50. The van der Waals surface area contributed by atoms with Crippen LogP contribution in [0, 0.1) is 0 Å². The molecule has 1 aromatic carbocycles. The van der Waals surface area contributed by atoms with Gasteiger partial charge in [0.1, 0.15) is 6.10 Å². The number of carbonyl (C=O) groups is 1. The maximum Gasteiger partial charge on any atom is 0.409 e. The summed E-state index contributed by atoms with van der Waals surface area (Å²) in [5.41, 5.74) is 0.593. The molecule has 0 radical (unpaired) electrons. The fourth-order valence-electron chi connectivity index (χ4n) is 0.818. The lowest BCUT2D eigenvalue weighted by molar-refractivity contribution is 0.210. The molecule has 0 saturated carbocycles. The Bertz CT molecular complexity index is 298. The molecule has 5 heteroatoms. The molecule has 5 nitrogen and oxygen atoms in total. The molecule has 1 unspecified atom stereocenters. The van der Waals surface area contributed by atoms with Gasteiger partial charge in [0.2, 0.25) is 0 Å². The monoisotopic (exact) mass is 211 g/mol. The van der Waals surface area contributed by atoms with Gasteiger partial charge in [-0.2, -0.15) is 0 Å². The predicted octanol–water partition coefficient (Wildman–Crippen LogP) is 1.15. The molecule has 1 amide bonds. The third-order valence-corrected chi connectivity index (χ3v) is 1.63. The number of rotatable bonds is 2. The minimum absolute atomic E-state index is 0.190. The van der Waals surface area contributed by atoms with Gasteiger partial charge >= 0.3 is 6.09 Å². The molecule has 15 heavy (non-hydrogen) atoms. The van der Waals surface area contributed by atoms with Crippen molar-refractivity contribution in [2.24, 2.45) is 0 Å². The first-order chi connectivity index (χ1) is 7.22. The van der Waals surface area contributed by atoms with Gasteiger partial charge in [-0.05, 0) is 12.1 Å². The minimum Gasteiger partial charge on any atom is -0.465 e. The second-order valence-electron chi connectivity index (χ2n) is 2.93. The largest absolute Gasteiger partial charge is 0.465 e. The third kappa shape index (κ3) is 5.66. The highest BCUT2D eigenvalue weighted by atomic mass is 16.6. The van der Waals surface area contributed by atoms with E-state index in [1.165, 1.54) is 0 Å². The third-order valence-electron chi connectivity index (χ3n) is 1.63. The van der Waals surface area contributed by atoms with Gasteiger partial charge in [-0.25, -0.2) is 4.79 Å². The van der Waals surface area contributed by atoms with Gasteiger partial charge in [0.25, 0.3) is 0 Å². The van der Waals surface area contributed by atoms with E-state index in [0.717, 1.165) is 6.61 Å². The number of aliphatic hydroxyl groups is 1. The molecule has 1 aliphatic heterocycles. The standard InChI is InChI=1S/C7H7NO2.C3H6O2/c9-7(10)8-6-4-2-1-3-5-6;4-1-3-2-5-3/h1-5,8H,(H,9,10);3-4H,1-2H2. The number of hydrogen-bond acceptors (Lipinski definition) is 3. The minimum atomic E-state index is -1.04. The number of epoxide rings is 1. The van der Waals surface area contributed by atoms with E-state index < -0.39 is 6.09 Å². The number of benzene rings is 1. The molecule has 1 fully saturated rings. The van der Waals surface area contributed by atoms with Gasteiger partial charge in [0, 0.05) is 5.69 Å². The summed E-state index contributed by atoms with van der Waals surface area (Å²) in [7, 11) is 0. The van der Waals surface area contributed by atoms with E-state index in [1.807, 2.05) is 6.07 Å². The zero-order valence-corrected chi connectivity index (χ0v) is 8.09. The first kappa shape index (κ1) is 11.5. The highest BCUT2D eigenvalue weighted by Gasteiger charge is 2.19. The fraction of sp³-hybridized carbons (Fsp3) is 0.300. The molecule has 1 aliphatic rings. The van der Waals surface area contributed by atoms with Crippen molar-refractivity contribution in [1.82, 2.24) is 0 Å². The van der Waals surface area contributed by atoms with Crippen molar-refractivity contribution in [2.45, 2.75) is 6.10 Å². The highest BCUT2D eigenvalue weighted by molar-refractivity contribution is 5.82. The van der Waals surface area contributed by atoms with Crippen LogP contribution in [0.4, 0.5) is 10.5 Å². The van der Waals surface area contributed by atoms with E-state index in [9.17, 15) is 4.79 Å². The second-order valence-corrected chi connectivity index (χ2v) is 2.93. The lowest BCUT2D eigenvalue weighted by atomic mass is 10.3. The Morgan fingerprint density at radius 1 is 1.47 bits per heavy atom. The van der Waals surface area contributed by atoms with Crippen LogP contribution in [0.15, 0.2) is 30.3 Å². The molecule has 1 heterocycles. The Kier molecular flexibility index (Phi) is 4.59. The summed E-state index contributed by atoms with van der Waals surface area (Å²) in [5.74, 6) is 0. The average Bonchev–Trinajstić information content (AvgIpc) is 3.02. The van der Waals surface area contributed by atoms with Crippen LogP contribution in [0.5, 0.6) is 0 Å². The van der Waals surface area contributed by atoms with Crippen molar-refractivity contribution >= 4 is 11.8 Å². The number of anilines is 1. The number of carboxylic acid groups (broad SMARTS) is 1. The molecular formula is C10H13NO4. The average molecular weight is 211 g/mol. The Hall–Kier alpha value is -1.59. The molecular weight excluding hydrogens is 198 g/mol. The first-order valence-electron chi connectivity index (χ1n) is 4.50. The van der Waals surface area contributed by atoms with E-state index in [0.29, 0.717) is 5.69 Å². The van der Waals surface area contributed by atoms with E-state index in [2.05, 4.69) is 10.1 Å². The van der Waals surface area contributed by atoms with Gasteiger partial charge in [-0.15, -0.1) is 0 Å². The van der Waals surface area contributed by atoms with E-state index >= 15 is 0 Å². The quantitative estimate of drug-likeness (QED) is 0.641. The van der Waals surface area contributed by atoms with Crippen molar-refractivity contribution in [3.05, 3.63) is 30.3 Å². The highest BCUT2D eigenvalue weighted by Crippen LogP contribution is 2.05. The summed E-state index contributed by atoms with van der Waals surface area (Å²) < 4.78 is 4.61. The fourth-order valence-corrected chi connectivity index (χ4v) is 0.818. The van der Waals surface area contributed by atoms with Crippen molar-refractivity contribution < 1.29 is 19.7 Å². The number of hydrogen-bond donors (Lipinski definition) is 3. The number of aliphatic hydroxyl groups excluding tert-OH is 1. The smallest absolute Gasteiger partial charge is 0.409 e. The SMILES string of the molecule is O=C(O)Nc1ccccc1.OCC1CO1. The maximum atomic E-state index is 10.1. The summed E-state index contributed by atoms with van der Waals surface area (Å²) in [6.45, 7) is 0.955. The molecule has 0 aromatic heterocycles. The van der Waals surface area contributed by atoms with Crippen molar-refractivity contribution in [1.29, 1.82) is 0 Å². The molecule has 0 aliphatic carbocycles. The summed E-state index contributed by atoms with van der Waals surface area (Å²) in [5, 5.41) is 18.6. The molecule has 1 atom stereocenters. The van der Waals surface area contributed by atoms with Crippen LogP contribution in [0.1, 0.15) is 0 Å². The summed E-state index contributed by atoms with van der Waals surface area (Å²) in [4.78, 5) is 10.1. The normalized spacial score (nSPS) is 17.3. The van der Waals surface area contributed by atoms with Gasteiger partial charge in [0.05, 0.1) is 13.2 Å². The van der Waals surface area contributed by atoms with Crippen LogP contribution in [-0.4, -0.2) is 35.6 Å². The van der Waals surface area contributed by atoms with Gasteiger partial charge in [-0.3, -0.25) is 5.32 Å². The lowest BCUT2D eigenvalue weighted by Crippen LogP contribution is -2.06. The summed E-state index contributed by atoms with van der Waals surface area (Å²) >= 11 is 0. The van der Waals surface area contributed by atoms with Crippen LogP contribution in [0.25, 0.3) is 0 Å². The van der Waals surface area contributed by atoms with E-state index in [1.54, 1.807) is 24.3 Å². The van der Waals surface area contributed by atoms with Crippen LogP contribution in [-0.2, 0) is 4.74 Å². The molecule has 0 bridgehead atoms. The Labute approximate surface area is 87.3 Å². The molecule has 82 valence electrons. The molecule has 1 aromatic rings.